The van der Waals surface area contributed by atoms with E-state index in [0.717, 1.165) is 16.3 Å². The average Bonchev–Trinajstić information content (AvgIpc) is 2.95. The van der Waals surface area contributed by atoms with Gasteiger partial charge in [0.05, 0.1) is 29.1 Å². The first kappa shape index (κ1) is 26.9. The highest BCUT2D eigenvalue weighted by molar-refractivity contribution is 6.30. The monoisotopic (exact) mass is 569 g/mol. The SMILES string of the molecule is COc1cc2c(c3c1c(=O)c1cc4ccccc4cc1n3C)[C@@H](O)[C@@H](OC(=O)/C=C/c1cccc(Cl)c1)C(C)(C)O2. The molecule has 0 aliphatic carbocycles. The number of aliphatic hydroxyl groups excluding tert-OH is 1. The minimum atomic E-state index is -1.30. The third-order valence-corrected chi connectivity index (χ3v) is 7.90. The Labute approximate surface area is 241 Å². The van der Waals surface area contributed by atoms with Crippen LogP contribution in [0.1, 0.15) is 31.1 Å². The van der Waals surface area contributed by atoms with Crippen LogP contribution in [0, 0.1) is 0 Å². The summed E-state index contributed by atoms with van der Waals surface area (Å²) in [6.45, 7) is 3.47. The molecule has 41 heavy (non-hydrogen) atoms. The van der Waals surface area contributed by atoms with Crippen LogP contribution in [-0.4, -0.2) is 34.5 Å². The molecule has 4 aromatic carbocycles. The Kier molecular flexibility index (Phi) is 6.52. The smallest absolute Gasteiger partial charge is 0.331 e. The molecule has 8 heteroatoms. The van der Waals surface area contributed by atoms with Gasteiger partial charge in [-0.2, -0.15) is 0 Å². The van der Waals surface area contributed by atoms with Crippen LogP contribution >= 0.6 is 11.6 Å². The van der Waals surface area contributed by atoms with E-state index in [2.05, 4.69) is 0 Å². The molecule has 208 valence electrons. The second-order valence-corrected chi connectivity index (χ2v) is 11.2. The topological polar surface area (TPSA) is 87.0 Å². The third-order valence-electron chi connectivity index (χ3n) is 7.66. The number of rotatable bonds is 4. The molecule has 0 unspecified atom stereocenters. The summed E-state index contributed by atoms with van der Waals surface area (Å²) in [7, 11) is 3.33. The lowest BCUT2D eigenvalue weighted by molar-refractivity contribution is -0.171. The molecule has 1 aliphatic heterocycles. The van der Waals surface area contributed by atoms with Crippen LogP contribution in [0.25, 0.3) is 38.7 Å². The number of carbonyl (C=O) groups excluding carboxylic acids is 1. The molecule has 0 saturated heterocycles. The molecule has 5 aromatic rings. The average molecular weight is 570 g/mol. The first-order valence-corrected chi connectivity index (χ1v) is 13.5. The van der Waals surface area contributed by atoms with Gasteiger partial charge in [-0.3, -0.25) is 4.79 Å². The Balaban J connectivity index is 1.51. The number of nitrogens with zero attached hydrogens (tertiary/aromatic N) is 1. The van der Waals surface area contributed by atoms with Gasteiger partial charge in [0, 0.05) is 29.6 Å². The summed E-state index contributed by atoms with van der Waals surface area (Å²) in [4.78, 5) is 26.9. The van der Waals surface area contributed by atoms with E-state index in [1.807, 2.05) is 54.1 Å². The first-order chi connectivity index (χ1) is 19.6. The summed E-state index contributed by atoms with van der Waals surface area (Å²) < 4.78 is 19.7. The van der Waals surface area contributed by atoms with Gasteiger partial charge in [-0.05, 0) is 60.5 Å². The van der Waals surface area contributed by atoms with E-state index in [1.165, 1.54) is 13.2 Å². The number of hydrogen-bond acceptors (Lipinski definition) is 6. The molecule has 1 N–H and O–H groups in total. The molecule has 0 saturated carbocycles. The summed E-state index contributed by atoms with van der Waals surface area (Å²) in [6.07, 6.45) is 0.496. The van der Waals surface area contributed by atoms with Gasteiger partial charge in [-0.25, -0.2) is 4.79 Å². The number of halogens is 1. The van der Waals surface area contributed by atoms with E-state index >= 15 is 0 Å². The van der Waals surface area contributed by atoms with E-state index in [9.17, 15) is 14.7 Å². The van der Waals surface area contributed by atoms with Crippen molar-refractivity contribution in [3.8, 4) is 11.5 Å². The summed E-state index contributed by atoms with van der Waals surface area (Å²) in [5.41, 5.74) is 0.889. The van der Waals surface area contributed by atoms with E-state index in [1.54, 1.807) is 44.2 Å². The molecular formula is C33H28ClNO6. The van der Waals surface area contributed by atoms with Crippen LogP contribution < -0.4 is 14.9 Å². The fourth-order valence-electron chi connectivity index (χ4n) is 5.70. The Hall–Kier alpha value is -4.33. The van der Waals surface area contributed by atoms with Crippen LogP contribution in [0.15, 0.2) is 77.6 Å². The van der Waals surface area contributed by atoms with Crippen molar-refractivity contribution < 1.29 is 24.1 Å². The van der Waals surface area contributed by atoms with Gasteiger partial charge in [0.15, 0.2) is 6.10 Å². The van der Waals surface area contributed by atoms with Gasteiger partial charge in [-0.15, -0.1) is 0 Å². The van der Waals surface area contributed by atoms with Crippen molar-refractivity contribution in [2.24, 2.45) is 7.05 Å². The molecule has 7 nitrogen and oxygen atoms in total. The van der Waals surface area contributed by atoms with Crippen molar-refractivity contribution >= 4 is 56.2 Å². The number of pyridine rings is 1. The zero-order valence-corrected chi connectivity index (χ0v) is 23.7. The second kappa shape index (κ2) is 9.94. The first-order valence-electron chi connectivity index (χ1n) is 13.2. The number of aliphatic hydroxyl groups is 1. The molecule has 2 heterocycles. The number of ether oxygens (including phenoxy) is 3. The molecule has 0 radical (unpaired) electrons. The molecule has 6 rings (SSSR count). The fourth-order valence-corrected chi connectivity index (χ4v) is 5.90. The van der Waals surface area contributed by atoms with Crippen LogP contribution in [0.3, 0.4) is 0 Å². The predicted octanol–water partition coefficient (Wildman–Crippen LogP) is 6.34. The fraction of sp³-hybridized carbons (Fsp3) is 0.212. The number of aromatic nitrogens is 1. The number of benzene rings is 4. The molecule has 1 aromatic heterocycles. The van der Waals surface area contributed by atoms with E-state index in [4.69, 9.17) is 25.8 Å². The predicted molar refractivity (Wildman–Crippen MR) is 161 cm³/mol. The molecule has 0 spiro atoms. The Morgan fingerprint density at radius 2 is 1.80 bits per heavy atom. The van der Waals surface area contributed by atoms with Crippen molar-refractivity contribution in [2.75, 3.05) is 7.11 Å². The summed E-state index contributed by atoms with van der Waals surface area (Å²) in [6, 6.07) is 20.3. The number of aryl methyl sites for hydroxylation is 1. The standard InChI is InChI=1S/C33H28ClNO6/c1-33(2)32(40-26(36)13-12-18-8-7-11-21(34)14-18)31(38)28-25(41-33)17-24(39-4)27-29(28)35(3)23-16-20-10-6-5-9-19(20)15-22(23)30(27)37/h5-17,31-32,38H,1-4H3/b13-12+/t31-,32-/m1/s1. The normalized spacial score (nSPS) is 18.0. The molecule has 0 fully saturated rings. The minimum absolute atomic E-state index is 0.228. The van der Waals surface area contributed by atoms with Gasteiger partial charge in [0.1, 0.15) is 23.2 Å². The maximum atomic E-state index is 14.0. The quantitative estimate of drug-likeness (QED) is 0.154. The Morgan fingerprint density at radius 3 is 2.51 bits per heavy atom. The van der Waals surface area contributed by atoms with Crippen molar-refractivity contribution in [1.29, 1.82) is 0 Å². The van der Waals surface area contributed by atoms with E-state index in [-0.39, 0.29) is 5.43 Å². The van der Waals surface area contributed by atoms with E-state index < -0.39 is 23.8 Å². The van der Waals surface area contributed by atoms with Gasteiger partial charge in [0.25, 0.3) is 0 Å². The van der Waals surface area contributed by atoms with Gasteiger partial charge in [-0.1, -0.05) is 48.0 Å². The third kappa shape index (κ3) is 4.51. The second-order valence-electron chi connectivity index (χ2n) is 10.7. The molecule has 0 amide bonds. The number of esters is 1. The zero-order chi connectivity index (χ0) is 29.1. The maximum absolute atomic E-state index is 14.0. The van der Waals surface area contributed by atoms with Crippen LogP contribution in [0.2, 0.25) is 5.02 Å². The highest BCUT2D eigenvalue weighted by Gasteiger charge is 2.47. The lowest BCUT2D eigenvalue weighted by Gasteiger charge is -2.42. The molecular weight excluding hydrogens is 542 g/mol. The Morgan fingerprint density at radius 1 is 1.07 bits per heavy atom. The Bertz CT molecular complexity index is 1960. The van der Waals surface area contributed by atoms with E-state index in [0.29, 0.717) is 43.9 Å². The van der Waals surface area contributed by atoms with Crippen molar-refractivity contribution in [1.82, 2.24) is 4.57 Å². The zero-order valence-electron chi connectivity index (χ0n) is 23.0. The van der Waals surface area contributed by atoms with Gasteiger partial charge < -0.3 is 23.9 Å². The van der Waals surface area contributed by atoms with Crippen molar-refractivity contribution in [3.05, 3.63) is 99.2 Å². The maximum Gasteiger partial charge on any atom is 0.331 e. The van der Waals surface area contributed by atoms with Crippen LogP contribution in [0.5, 0.6) is 11.5 Å². The lowest BCUT2D eigenvalue weighted by Crippen LogP contribution is -2.51. The minimum Gasteiger partial charge on any atom is -0.496 e. The van der Waals surface area contributed by atoms with Gasteiger partial charge in [0.2, 0.25) is 5.43 Å². The van der Waals surface area contributed by atoms with Crippen LogP contribution in [-0.2, 0) is 16.6 Å². The van der Waals surface area contributed by atoms with Gasteiger partial charge >= 0.3 is 5.97 Å². The highest BCUT2D eigenvalue weighted by atomic mass is 35.5. The molecule has 2 atom stereocenters. The van der Waals surface area contributed by atoms with Crippen LogP contribution in [0.4, 0.5) is 0 Å². The summed E-state index contributed by atoms with van der Waals surface area (Å²) in [5, 5.41) is 15.1. The largest absolute Gasteiger partial charge is 0.496 e. The molecule has 1 aliphatic rings. The number of fused-ring (bicyclic) bond motifs is 5. The number of carbonyl (C=O) groups is 1. The van der Waals surface area contributed by atoms with Crippen molar-refractivity contribution in [2.45, 2.75) is 31.7 Å². The highest BCUT2D eigenvalue weighted by Crippen LogP contribution is 2.47. The number of methoxy groups -OCH3 is 1. The summed E-state index contributed by atoms with van der Waals surface area (Å²) in [5.74, 6) is 0.0267. The number of hydrogen-bond donors (Lipinski definition) is 1. The van der Waals surface area contributed by atoms with Crippen molar-refractivity contribution in [3.63, 3.8) is 0 Å². The lowest BCUT2D eigenvalue weighted by atomic mass is 9.86. The molecule has 0 bridgehead atoms. The summed E-state index contributed by atoms with van der Waals surface area (Å²) >= 11 is 6.05.